The molecule has 0 N–H and O–H groups in total. The van der Waals surface area contributed by atoms with Crippen molar-refractivity contribution in [2.75, 3.05) is 4.90 Å². The number of anilines is 3. The van der Waals surface area contributed by atoms with Crippen molar-refractivity contribution in [3.63, 3.8) is 0 Å². The van der Waals surface area contributed by atoms with E-state index < -0.39 is 0 Å². The average molecular weight is 615 g/mol. The van der Waals surface area contributed by atoms with Gasteiger partial charge in [0.2, 0.25) is 0 Å². The minimum Gasteiger partial charge on any atom is -0.310 e. The molecule has 0 bridgehead atoms. The van der Waals surface area contributed by atoms with E-state index >= 15 is 0 Å². The normalized spacial score (nSPS) is 13.0. The lowest BCUT2D eigenvalue weighted by Crippen LogP contribution is -2.16. The fraction of sp³-hybridized carbons (Fsp3) is 0.0652. The Morgan fingerprint density at radius 2 is 1.08 bits per heavy atom. The molecule has 2 heteroatoms. The van der Waals surface area contributed by atoms with Crippen LogP contribution in [0.25, 0.3) is 55.1 Å². The van der Waals surface area contributed by atoms with E-state index in [-0.39, 0.29) is 5.41 Å². The smallest absolute Gasteiger partial charge is 0.0786 e. The minimum absolute atomic E-state index is 0.0936. The molecule has 0 radical (unpaired) electrons. The van der Waals surface area contributed by atoms with Crippen LogP contribution in [0.5, 0.6) is 0 Å². The lowest BCUT2D eigenvalue weighted by atomic mass is 9.82. The summed E-state index contributed by atoms with van der Waals surface area (Å²) in [4.78, 5) is 7.24. The Balaban J connectivity index is 1.22. The highest BCUT2D eigenvalue weighted by atomic mass is 15.1. The molecule has 0 saturated heterocycles. The quantitative estimate of drug-likeness (QED) is 0.179. The van der Waals surface area contributed by atoms with Crippen LogP contribution >= 0.6 is 0 Å². The van der Waals surface area contributed by atoms with E-state index in [1.807, 2.05) is 12.3 Å². The first-order valence-electron chi connectivity index (χ1n) is 16.6. The van der Waals surface area contributed by atoms with Crippen LogP contribution in [0.1, 0.15) is 25.0 Å². The Morgan fingerprint density at radius 1 is 0.438 bits per heavy atom. The number of nitrogens with zero attached hydrogens (tertiary/aromatic N) is 2. The molecule has 48 heavy (non-hydrogen) atoms. The van der Waals surface area contributed by atoms with E-state index in [1.165, 1.54) is 49.7 Å². The summed E-state index contributed by atoms with van der Waals surface area (Å²) in [6, 6.07) is 59.4. The SMILES string of the molecule is CC1(C)c2ccccc2-c2ccc(N(c3ccc(-c4ccccc4)cc3)c3cccc(-c4cccc5ccc6cccnc6c45)c3)cc21. The van der Waals surface area contributed by atoms with E-state index in [4.69, 9.17) is 4.98 Å². The predicted molar refractivity (Wildman–Crippen MR) is 202 cm³/mol. The highest BCUT2D eigenvalue weighted by Gasteiger charge is 2.35. The van der Waals surface area contributed by atoms with Gasteiger partial charge in [0.1, 0.15) is 0 Å². The summed E-state index contributed by atoms with van der Waals surface area (Å²) in [6.07, 6.45) is 1.89. The second-order valence-corrected chi connectivity index (χ2v) is 13.2. The summed E-state index contributed by atoms with van der Waals surface area (Å²) in [5.74, 6) is 0. The van der Waals surface area contributed by atoms with Crippen molar-refractivity contribution in [2.45, 2.75) is 19.3 Å². The fourth-order valence-corrected chi connectivity index (χ4v) is 7.68. The summed E-state index contributed by atoms with van der Waals surface area (Å²) in [5.41, 5.74) is 14.5. The Kier molecular flexibility index (Phi) is 6.51. The maximum atomic E-state index is 4.83. The molecule has 1 aliphatic carbocycles. The van der Waals surface area contributed by atoms with Gasteiger partial charge in [-0.15, -0.1) is 0 Å². The van der Waals surface area contributed by atoms with E-state index in [2.05, 4.69) is 176 Å². The first-order chi connectivity index (χ1) is 23.6. The van der Waals surface area contributed by atoms with E-state index in [9.17, 15) is 0 Å². The number of benzene rings is 7. The van der Waals surface area contributed by atoms with Crippen LogP contribution in [0.3, 0.4) is 0 Å². The van der Waals surface area contributed by atoms with Crippen molar-refractivity contribution in [3.8, 4) is 33.4 Å². The molecule has 1 heterocycles. The van der Waals surface area contributed by atoms with E-state index in [0.717, 1.165) is 33.5 Å². The number of pyridine rings is 1. The fourth-order valence-electron chi connectivity index (χ4n) is 7.68. The van der Waals surface area contributed by atoms with Crippen LogP contribution in [0.15, 0.2) is 170 Å². The van der Waals surface area contributed by atoms with Gasteiger partial charge in [-0.25, -0.2) is 0 Å². The zero-order valence-corrected chi connectivity index (χ0v) is 27.1. The van der Waals surface area contributed by atoms with Gasteiger partial charge in [-0.05, 0) is 92.4 Å². The zero-order chi connectivity index (χ0) is 32.2. The van der Waals surface area contributed by atoms with Crippen LogP contribution in [0.2, 0.25) is 0 Å². The maximum Gasteiger partial charge on any atom is 0.0786 e. The Bertz CT molecular complexity index is 2470. The molecule has 1 aromatic heterocycles. The topological polar surface area (TPSA) is 16.1 Å². The standard InChI is InChI=1S/C46H34N2/c1-46(2)42-19-7-6-17-40(42)41-27-26-38(30-43(41)46)48(36-24-22-32(23-25-36)31-11-4-3-5-12-31)37-16-8-14-35(29-37)39-18-9-13-33-20-21-34-15-10-28-47-45(34)44(33)39/h3-30H,1-2H3. The van der Waals surface area contributed by atoms with Gasteiger partial charge >= 0.3 is 0 Å². The Labute approximate surface area is 281 Å². The molecule has 8 aromatic rings. The average Bonchev–Trinajstić information content (AvgIpc) is 3.38. The minimum atomic E-state index is -0.0936. The first kappa shape index (κ1) is 28.3. The van der Waals surface area contributed by atoms with Crippen molar-refractivity contribution in [1.82, 2.24) is 4.98 Å². The van der Waals surface area contributed by atoms with Crippen molar-refractivity contribution in [2.24, 2.45) is 0 Å². The van der Waals surface area contributed by atoms with Crippen LogP contribution in [-0.4, -0.2) is 4.98 Å². The van der Waals surface area contributed by atoms with Crippen molar-refractivity contribution >= 4 is 38.7 Å². The van der Waals surface area contributed by atoms with E-state index in [0.29, 0.717) is 0 Å². The van der Waals surface area contributed by atoms with Gasteiger partial charge in [-0.2, -0.15) is 0 Å². The Morgan fingerprint density at radius 3 is 1.96 bits per heavy atom. The monoisotopic (exact) mass is 614 g/mol. The third-order valence-electron chi connectivity index (χ3n) is 10.1. The summed E-state index contributed by atoms with van der Waals surface area (Å²) >= 11 is 0. The number of hydrogen-bond donors (Lipinski definition) is 0. The molecular formula is C46H34N2. The van der Waals surface area contributed by atoms with Crippen molar-refractivity contribution in [1.29, 1.82) is 0 Å². The van der Waals surface area contributed by atoms with E-state index in [1.54, 1.807) is 0 Å². The number of rotatable bonds is 5. The van der Waals surface area contributed by atoms with Crippen LogP contribution in [-0.2, 0) is 5.41 Å². The Hall–Kier alpha value is -5.99. The molecule has 0 fully saturated rings. The lowest BCUT2D eigenvalue weighted by Gasteiger charge is -2.28. The summed E-state index contributed by atoms with van der Waals surface area (Å²) in [7, 11) is 0. The summed E-state index contributed by atoms with van der Waals surface area (Å²) < 4.78 is 0. The van der Waals surface area contributed by atoms with Gasteiger partial charge in [-0.3, -0.25) is 4.98 Å². The van der Waals surface area contributed by atoms with Gasteiger partial charge < -0.3 is 4.90 Å². The maximum absolute atomic E-state index is 4.83. The lowest BCUT2D eigenvalue weighted by molar-refractivity contribution is 0.660. The van der Waals surface area contributed by atoms with Crippen LogP contribution in [0, 0.1) is 0 Å². The van der Waals surface area contributed by atoms with Gasteiger partial charge in [-0.1, -0.05) is 135 Å². The molecular weight excluding hydrogens is 581 g/mol. The predicted octanol–water partition coefficient (Wildman–Crippen LogP) is 12.5. The second kappa shape index (κ2) is 11.1. The molecule has 0 saturated carbocycles. The summed E-state index contributed by atoms with van der Waals surface area (Å²) in [6.45, 7) is 4.69. The number of fused-ring (bicyclic) bond motifs is 6. The third-order valence-corrected chi connectivity index (χ3v) is 10.1. The van der Waals surface area contributed by atoms with Gasteiger partial charge in [0.15, 0.2) is 0 Å². The van der Waals surface area contributed by atoms with Crippen molar-refractivity contribution in [3.05, 3.63) is 181 Å². The zero-order valence-electron chi connectivity index (χ0n) is 27.1. The number of hydrogen-bond acceptors (Lipinski definition) is 2. The van der Waals surface area contributed by atoms with Crippen LogP contribution in [0.4, 0.5) is 17.1 Å². The first-order valence-corrected chi connectivity index (χ1v) is 16.6. The largest absolute Gasteiger partial charge is 0.310 e. The number of aromatic nitrogens is 1. The second-order valence-electron chi connectivity index (χ2n) is 13.2. The molecule has 0 unspecified atom stereocenters. The molecule has 1 aliphatic rings. The molecule has 228 valence electrons. The van der Waals surface area contributed by atoms with Crippen LogP contribution < -0.4 is 4.90 Å². The highest BCUT2D eigenvalue weighted by Crippen LogP contribution is 2.51. The van der Waals surface area contributed by atoms with Gasteiger partial charge in [0, 0.05) is 39.4 Å². The van der Waals surface area contributed by atoms with Gasteiger partial charge in [0.05, 0.1) is 5.52 Å². The molecule has 0 atom stereocenters. The third kappa shape index (κ3) is 4.52. The highest BCUT2D eigenvalue weighted by molar-refractivity contribution is 6.12. The molecule has 9 rings (SSSR count). The molecule has 0 aliphatic heterocycles. The molecule has 2 nitrogen and oxygen atoms in total. The molecule has 0 spiro atoms. The van der Waals surface area contributed by atoms with Crippen molar-refractivity contribution < 1.29 is 0 Å². The molecule has 7 aromatic carbocycles. The molecule has 0 amide bonds. The van der Waals surface area contributed by atoms with Gasteiger partial charge in [0.25, 0.3) is 0 Å². The summed E-state index contributed by atoms with van der Waals surface area (Å²) in [5, 5.41) is 3.52.